The Balaban J connectivity index is 3.18. The fourth-order valence-electron chi connectivity index (χ4n) is 1.13. The molecule has 0 aromatic carbocycles. The van der Waals surface area contributed by atoms with E-state index in [1.807, 2.05) is 0 Å². The molecule has 1 aromatic rings. The number of aliphatic hydroxyl groups is 1. The smallest absolute Gasteiger partial charge is 0.481 e. The van der Waals surface area contributed by atoms with E-state index in [1.165, 1.54) is 20.1 Å². The van der Waals surface area contributed by atoms with Gasteiger partial charge in [0.05, 0.1) is 13.7 Å². The van der Waals surface area contributed by atoms with E-state index in [2.05, 4.69) is 9.72 Å². The molecule has 7 heteroatoms. The molecule has 4 nitrogen and oxygen atoms in total. The standard InChI is InChI=1S/C9H10F3NO3/c1-5-3-7(15-2)13-8(6(5)4-14)16-9(10,11)12/h3,14H,4H2,1-2H3. The van der Waals surface area contributed by atoms with Crippen molar-refractivity contribution in [3.8, 4) is 11.8 Å². The van der Waals surface area contributed by atoms with Crippen molar-refractivity contribution in [2.75, 3.05) is 7.11 Å². The first-order valence-electron chi connectivity index (χ1n) is 4.28. The molecule has 0 fully saturated rings. The molecule has 0 unspecified atom stereocenters. The highest BCUT2D eigenvalue weighted by molar-refractivity contribution is 5.37. The SMILES string of the molecule is COc1cc(C)c(CO)c(OC(F)(F)F)n1. The summed E-state index contributed by atoms with van der Waals surface area (Å²) in [6, 6.07) is 1.41. The van der Waals surface area contributed by atoms with E-state index < -0.39 is 18.8 Å². The summed E-state index contributed by atoms with van der Waals surface area (Å²) in [6.45, 7) is 0.938. The van der Waals surface area contributed by atoms with Gasteiger partial charge in [-0.25, -0.2) is 0 Å². The quantitative estimate of drug-likeness (QED) is 0.870. The predicted molar refractivity (Wildman–Crippen MR) is 48.1 cm³/mol. The highest BCUT2D eigenvalue weighted by Gasteiger charge is 2.33. The maximum absolute atomic E-state index is 12.0. The van der Waals surface area contributed by atoms with Gasteiger partial charge >= 0.3 is 6.36 Å². The normalized spacial score (nSPS) is 11.4. The van der Waals surface area contributed by atoms with Crippen LogP contribution in [0.25, 0.3) is 0 Å². The van der Waals surface area contributed by atoms with E-state index in [0.29, 0.717) is 5.56 Å². The van der Waals surface area contributed by atoms with Gasteiger partial charge in [0, 0.05) is 11.6 Å². The average molecular weight is 237 g/mol. The molecule has 0 bridgehead atoms. The Kier molecular flexibility index (Phi) is 3.58. The van der Waals surface area contributed by atoms with Gasteiger partial charge in [-0.3, -0.25) is 0 Å². The van der Waals surface area contributed by atoms with E-state index in [-0.39, 0.29) is 11.4 Å². The van der Waals surface area contributed by atoms with Gasteiger partial charge in [-0.15, -0.1) is 13.2 Å². The average Bonchev–Trinajstić information content (AvgIpc) is 2.14. The highest BCUT2D eigenvalue weighted by Crippen LogP contribution is 2.29. The zero-order valence-electron chi connectivity index (χ0n) is 8.63. The fraction of sp³-hybridized carbons (Fsp3) is 0.444. The molecule has 16 heavy (non-hydrogen) atoms. The molecule has 1 rings (SSSR count). The molecule has 0 saturated carbocycles. The molecule has 0 spiro atoms. The second-order valence-electron chi connectivity index (χ2n) is 2.97. The molecular formula is C9H10F3NO3. The van der Waals surface area contributed by atoms with Crippen LogP contribution in [-0.2, 0) is 6.61 Å². The zero-order valence-corrected chi connectivity index (χ0v) is 8.63. The number of aryl methyl sites for hydroxylation is 1. The lowest BCUT2D eigenvalue weighted by atomic mass is 10.1. The van der Waals surface area contributed by atoms with Crippen molar-refractivity contribution >= 4 is 0 Å². The third kappa shape index (κ3) is 2.99. The number of hydrogen-bond donors (Lipinski definition) is 1. The van der Waals surface area contributed by atoms with Crippen LogP contribution in [0, 0.1) is 6.92 Å². The number of aromatic nitrogens is 1. The van der Waals surface area contributed by atoms with Gasteiger partial charge in [0.15, 0.2) is 0 Å². The summed E-state index contributed by atoms with van der Waals surface area (Å²) in [5.74, 6) is -0.694. The third-order valence-corrected chi connectivity index (χ3v) is 1.87. The minimum atomic E-state index is -4.85. The number of methoxy groups -OCH3 is 1. The van der Waals surface area contributed by atoms with Gasteiger partial charge in [-0.05, 0) is 12.5 Å². The molecule has 0 aliphatic heterocycles. The molecular weight excluding hydrogens is 227 g/mol. The van der Waals surface area contributed by atoms with Crippen LogP contribution < -0.4 is 9.47 Å². The summed E-state index contributed by atoms with van der Waals surface area (Å²) >= 11 is 0. The number of nitrogens with zero attached hydrogens (tertiary/aromatic N) is 1. The van der Waals surface area contributed by atoms with Crippen LogP contribution in [0.1, 0.15) is 11.1 Å². The van der Waals surface area contributed by atoms with Gasteiger partial charge in [0.25, 0.3) is 0 Å². The Morgan fingerprint density at radius 2 is 2.06 bits per heavy atom. The lowest BCUT2D eigenvalue weighted by Crippen LogP contribution is -2.19. The number of aliphatic hydroxyl groups excluding tert-OH is 1. The highest BCUT2D eigenvalue weighted by atomic mass is 19.4. The second-order valence-corrected chi connectivity index (χ2v) is 2.97. The van der Waals surface area contributed by atoms with Crippen LogP contribution in [-0.4, -0.2) is 23.6 Å². The molecule has 0 aliphatic rings. The van der Waals surface area contributed by atoms with Gasteiger partial charge in [-0.1, -0.05) is 0 Å². The van der Waals surface area contributed by atoms with Crippen LogP contribution in [0.3, 0.4) is 0 Å². The van der Waals surface area contributed by atoms with Gasteiger partial charge in [0.1, 0.15) is 0 Å². The van der Waals surface area contributed by atoms with Crippen molar-refractivity contribution in [3.05, 3.63) is 17.2 Å². The number of alkyl halides is 3. The number of halogens is 3. The molecule has 90 valence electrons. The van der Waals surface area contributed by atoms with Gasteiger partial charge in [0.2, 0.25) is 11.8 Å². The first-order chi connectivity index (χ1) is 7.37. The van der Waals surface area contributed by atoms with E-state index in [1.54, 1.807) is 0 Å². The van der Waals surface area contributed by atoms with Crippen LogP contribution in [0.5, 0.6) is 11.8 Å². The van der Waals surface area contributed by atoms with E-state index in [9.17, 15) is 13.2 Å². The summed E-state index contributed by atoms with van der Waals surface area (Å²) < 4.78 is 44.5. The number of ether oxygens (including phenoxy) is 2. The Hall–Kier alpha value is -1.50. The first kappa shape index (κ1) is 12.6. The summed E-state index contributed by atoms with van der Waals surface area (Å²) in [5, 5.41) is 8.93. The van der Waals surface area contributed by atoms with Gasteiger partial charge in [-0.2, -0.15) is 4.98 Å². The second kappa shape index (κ2) is 4.56. The molecule has 1 N–H and O–H groups in total. The number of rotatable bonds is 3. The number of hydrogen-bond acceptors (Lipinski definition) is 4. The lowest BCUT2D eigenvalue weighted by Gasteiger charge is -2.13. The van der Waals surface area contributed by atoms with Crippen LogP contribution in [0.15, 0.2) is 6.07 Å². The largest absolute Gasteiger partial charge is 0.574 e. The molecule has 0 aliphatic carbocycles. The van der Waals surface area contributed by atoms with Crippen LogP contribution >= 0.6 is 0 Å². The van der Waals surface area contributed by atoms with Crippen LogP contribution in [0.2, 0.25) is 0 Å². The lowest BCUT2D eigenvalue weighted by molar-refractivity contribution is -0.276. The molecule has 1 heterocycles. The zero-order chi connectivity index (χ0) is 12.3. The van der Waals surface area contributed by atoms with Crippen molar-refractivity contribution in [1.29, 1.82) is 0 Å². The topological polar surface area (TPSA) is 51.6 Å². The van der Waals surface area contributed by atoms with Crippen molar-refractivity contribution in [2.24, 2.45) is 0 Å². The molecule has 0 amide bonds. The van der Waals surface area contributed by atoms with Gasteiger partial charge < -0.3 is 14.6 Å². The molecule has 0 saturated heterocycles. The number of pyridine rings is 1. The summed E-state index contributed by atoms with van der Waals surface area (Å²) in [5.41, 5.74) is 0.395. The van der Waals surface area contributed by atoms with E-state index in [4.69, 9.17) is 9.84 Å². The van der Waals surface area contributed by atoms with E-state index >= 15 is 0 Å². The molecule has 1 aromatic heterocycles. The van der Waals surface area contributed by atoms with E-state index in [0.717, 1.165) is 0 Å². The molecule has 0 atom stereocenters. The maximum Gasteiger partial charge on any atom is 0.574 e. The van der Waals surface area contributed by atoms with Crippen molar-refractivity contribution in [3.63, 3.8) is 0 Å². The minimum absolute atomic E-state index is 0.00560. The third-order valence-electron chi connectivity index (χ3n) is 1.87. The predicted octanol–water partition coefficient (Wildman–Crippen LogP) is 1.79. The Morgan fingerprint density at radius 3 is 2.50 bits per heavy atom. The molecule has 0 radical (unpaired) electrons. The summed E-state index contributed by atoms with van der Waals surface area (Å²) in [7, 11) is 1.28. The van der Waals surface area contributed by atoms with Crippen molar-refractivity contribution in [1.82, 2.24) is 4.98 Å². The Morgan fingerprint density at radius 1 is 1.44 bits per heavy atom. The van der Waals surface area contributed by atoms with Crippen LogP contribution in [0.4, 0.5) is 13.2 Å². The van der Waals surface area contributed by atoms with Crippen molar-refractivity contribution in [2.45, 2.75) is 19.9 Å². The summed E-state index contributed by atoms with van der Waals surface area (Å²) in [6.07, 6.45) is -4.85. The van der Waals surface area contributed by atoms with Crippen molar-refractivity contribution < 1.29 is 27.8 Å². The Labute approximate surface area is 89.6 Å². The monoisotopic (exact) mass is 237 g/mol. The Bertz CT molecular complexity index is 379. The first-order valence-corrected chi connectivity index (χ1v) is 4.28. The minimum Gasteiger partial charge on any atom is -0.481 e. The fourth-order valence-corrected chi connectivity index (χ4v) is 1.13. The maximum atomic E-state index is 12.0. The summed E-state index contributed by atoms with van der Waals surface area (Å²) in [4.78, 5) is 3.48.